The Balaban J connectivity index is 1.98. The summed E-state index contributed by atoms with van der Waals surface area (Å²) in [4.78, 5) is 26.9. The van der Waals surface area contributed by atoms with Crippen molar-refractivity contribution < 1.29 is 19.0 Å². The molecule has 0 atom stereocenters. The van der Waals surface area contributed by atoms with E-state index < -0.39 is 5.91 Å². The van der Waals surface area contributed by atoms with E-state index in [4.69, 9.17) is 14.2 Å². The molecule has 0 bridgehead atoms. The lowest BCUT2D eigenvalue weighted by molar-refractivity contribution is -0.111. The fraction of sp³-hybridized carbons (Fsp3) is 0.107. The second-order valence-electron chi connectivity index (χ2n) is 7.62. The summed E-state index contributed by atoms with van der Waals surface area (Å²) in [5.74, 6) is 0.753. The van der Waals surface area contributed by atoms with Gasteiger partial charge in [-0.15, -0.1) is 11.3 Å². The van der Waals surface area contributed by atoms with Crippen molar-refractivity contribution in [2.24, 2.45) is 0 Å². The molecular formula is C28H23N3O5S. The van der Waals surface area contributed by atoms with Crippen molar-refractivity contribution in [1.29, 1.82) is 5.26 Å². The Labute approximate surface area is 216 Å². The van der Waals surface area contributed by atoms with Gasteiger partial charge in [-0.25, -0.2) is 0 Å². The molecule has 4 aromatic rings. The monoisotopic (exact) mass is 513 g/mol. The van der Waals surface area contributed by atoms with E-state index >= 15 is 0 Å². The smallest absolute Gasteiger partial charge is 0.273 e. The molecule has 0 radical (unpaired) electrons. The maximum atomic E-state index is 13.6. The van der Waals surface area contributed by atoms with Crippen molar-refractivity contribution in [2.75, 3.05) is 26.6 Å². The van der Waals surface area contributed by atoms with E-state index in [1.54, 1.807) is 72.8 Å². The largest absolute Gasteiger partial charge is 0.495 e. The van der Waals surface area contributed by atoms with Crippen LogP contribution in [0.1, 0.15) is 5.56 Å². The van der Waals surface area contributed by atoms with Crippen LogP contribution in [0, 0.1) is 11.3 Å². The van der Waals surface area contributed by atoms with Gasteiger partial charge in [-0.3, -0.25) is 14.2 Å². The Morgan fingerprint density at radius 1 is 0.919 bits per heavy atom. The van der Waals surface area contributed by atoms with Crippen LogP contribution in [0.3, 0.4) is 0 Å². The molecule has 0 aliphatic carbocycles. The van der Waals surface area contributed by atoms with Gasteiger partial charge in [0.1, 0.15) is 16.5 Å². The number of rotatable bonds is 7. The van der Waals surface area contributed by atoms with Gasteiger partial charge in [-0.1, -0.05) is 42.5 Å². The number of methoxy groups -OCH3 is 3. The first-order chi connectivity index (χ1) is 18.0. The number of carbonyl (C=O) groups excluding carboxylic acids is 1. The summed E-state index contributed by atoms with van der Waals surface area (Å²) in [5, 5.41) is 12.8. The Kier molecular flexibility index (Phi) is 7.71. The van der Waals surface area contributed by atoms with Gasteiger partial charge in [0, 0.05) is 5.56 Å². The number of nitriles is 1. The second-order valence-corrected chi connectivity index (χ2v) is 8.65. The standard InChI is InChI=1S/C28H23N3O5S/c1-34-22-14-8-7-13-21(22)30-26(32)20(17-29)28-31(19-11-5-4-6-12-19)27(33)24(37-28)16-18-10-9-15-23(35-2)25(18)36-3/h4-16H,1-3H3,(H,30,32). The number of amides is 1. The molecule has 4 rings (SSSR count). The molecule has 37 heavy (non-hydrogen) atoms. The summed E-state index contributed by atoms with van der Waals surface area (Å²) in [6.45, 7) is 0. The van der Waals surface area contributed by atoms with Crippen LogP contribution in [-0.4, -0.2) is 31.8 Å². The van der Waals surface area contributed by atoms with Crippen molar-refractivity contribution in [3.63, 3.8) is 0 Å². The van der Waals surface area contributed by atoms with E-state index in [-0.39, 0.29) is 15.8 Å². The number of benzene rings is 3. The van der Waals surface area contributed by atoms with Crippen molar-refractivity contribution in [2.45, 2.75) is 0 Å². The number of anilines is 1. The van der Waals surface area contributed by atoms with Crippen LogP contribution in [0.2, 0.25) is 0 Å². The van der Waals surface area contributed by atoms with E-state index in [0.717, 1.165) is 11.3 Å². The third-order valence-corrected chi connectivity index (χ3v) is 6.56. The number of ether oxygens (including phenoxy) is 3. The molecule has 186 valence electrons. The summed E-state index contributed by atoms with van der Waals surface area (Å²) in [7, 11) is 4.53. The van der Waals surface area contributed by atoms with Crippen LogP contribution in [-0.2, 0) is 4.79 Å². The first-order valence-corrected chi connectivity index (χ1v) is 11.9. The SMILES string of the molecule is COc1ccccc1NC(=O)C(C#N)=c1sc(=Cc2cccc(OC)c2OC)c(=O)n1-c1ccccc1. The van der Waals surface area contributed by atoms with Crippen LogP contribution in [0.4, 0.5) is 5.69 Å². The van der Waals surface area contributed by atoms with Crippen molar-refractivity contribution in [3.05, 3.63) is 97.9 Å². The Morgan fingerprint density at radius 2 is 1.59 bits per heavy atom. The minimum Gasteiger partial charge on any atom is -0.495 e. The Bertz CT molecular complexity index is 1670. The number of aromatic nitrogens is 1. The van der Waals surface area contributed by atoms with Crippen LogP contribution >= 0.6 is 11.3 Å². The van der Waals surface area contributed by atoms with Gasteiger partial charge >= 0.3 is 0 Å². The molecule has 0 saturated heterocycles. The molecule has 3 aromatic carbocycles. The molecule has 0 spiro atoms. The van der Waals surface area contributed by atoms with Gasteiger partial charge in [0.05, 0.1) is 37.2 Å². The van der Waals surface area contributed by atoms with Crippen molar-refractivity contribution in [3.8, 4) is 29.0 Å². The molecule has 0 aliphatic heterocycles. The van der Waals surface area contributed by atoms with Gasteiger partial charge in [0.25, 0.3) is 11.5 Å². The van der Waals surface area contributed by atoms with Gasteiger partial charge in [0.15, 0.2) is 17.1 Å². The summed E-state index contributed by atoms with van der Waals surface area (Å²) in [6, 6.07) is 23.0. The van der Waals surface area contributed by atoms with Gasteiger partial charge in [-0.05, 0) is 36.4 Å². The predicted molar refractivity (Wildman–Crippen MR) is 143 cm³/mol. The highest BCUT2D eigenvalue weighted by molar-refractivity contribution is 7.07. The minimum absolute atomic E-state index is 0.194. The van der Waals surface area contributed by atoms with E-state index in [0.29, 0.717) is 38.7 Å². The minimum atomic E-state index is -0.663. The predicted octanol–water partition coefficient (Wildman–Crippen LogP) is 3.07. The molecule has 9 heteroatoms. The summed E-state index contributed by atoms with van der Waals surface area (Å²) >= 11 is 1.04. The highest BCUT2D eigenvalue weighted by Gasteiger charge is 2.19. The Hall–Kier alpha value is -4.81. The molecule has 0 unspecified atom stereocenters. The molecule has 1 N–H and O–H groups in total. The van der Waals surface area contributed by atoms with Gasteiger partial charge in [0.2, 0.25) is 0 Å². The first kappa shape index (κ1) is 25.3. The zero-order valence-corrected chi connectivity index (χ0v) is 21.2. The maximum Gasteiger partial charge on any atom is 0.273 e. The summed E-state index contributed by atoms with van der Waals surface area (Å²) in [5.41, 5.74) is 0.946. The van der Waals surface area contributed by atoms with E-state index in [9.17, 15) is 14.9 Å². The van der Waals surface area contributed by atoms with E-state index in [1.165, 1.54) is 25.9 Å². The number of para-hydroxylation sites is 4. The number of hydrogen-bond donors (Lipinski definition) is 1. The molecule has 8 nitrogen and oxygen atoms in total. The third kappa shape index (κ3) is 5.10. The lowest BCUT2D eigenvalue weighted by Gasteiger charge is -2.09. The molecule has 0 aliphatic rings. The fourth-order valence-corrected chi connectivity index (χ4v) is 4.85. The normalized spacial score (nSPS) is 11.9. The molecule has 1 aromatic heterocycles. The number of nitrogens with one attached hydrogen (secondary N) is 1. The highest BCUT2D eigenvalue weighted by atomic mass is 32.1. The van der Waals surface area contributed by atoms with Gasteiger partial charge < -0.3 is 19.5 Å². The molecule has 1 amide bonds. The van der Waals surface area contributed by atoms with E-state index in [2.05, 4.69) is 5.32 Å². The molecule has 0 saturated carbocycles. The van der Waals surface area contributed by atoms with Crippen LogP contribution in [0.15, 0.2) is 77.6 Å². The average Bonchev–Trinajstić information content (AvgIpc) is 3.24. The van der Waals surface area contributed by atoms with Crippen molar-refractivity contribution >= 4 is 34.6 Å². The van der Waals surface area contributed by atoms with Crippen LogP contribution in [0.5, 0.6) is 17.2 Å². The number of nitrogens with zero attached hydrogens (tertiary/aromatic N) is 2. The lowest BCUT2D eigenvalue weighted by Crippen LogP contribution is -2.32. The number of thiazole rings is 1. The Morgan fingerprint density at radius 3 is 2.27 bits per heavy atom. The number of carbonyl (C=O) groups is 1. The average molecular weight is 514 g/mol. The topological polar surface area (TPSA) is 103 Å². The summed E-state index contributed by atoms with van der Waals surface area (Å²) in [6.07, 6.45) is 1.66. The molecule has 0 fully saturated rings. The zero-order chi connectivity index (χ0) is 26.4. The lowest BCUT2D eigenvalue weighted by atomic mass is 10.2. The van der Waals surface area contributed by atoms with Gasteiger partial charge in [-0.2, -0.15) is 5.26 Å². The molecular weight excluding hydrogens is 490 g/mol. The van der Waals surface area contributed by atoms with Crippen LogP contribution < -0.4 is 34.3 Å². The zero-order valence-electron chi connectivity index (χ0n) is 20.3. The molecule has 1 heterocycles. The van der Waals surface area contributed by atoms with Crippen molar-refractivity contribution in [1.82, 2.24) is 4.57 Å². The third-order valence-electron chi connectivity index (χ3n) is 5.47. The van der Waals surface area contributed by atoms with Crippen LogP contribution in [0.25, 0.3) is 17.3 Å². The second kappa shape index (κ2) is 11.3. The quantitative estimate of drug-likeness (QED) is 0.408. The number of hydrogen-bond acceptors (Lipinski definition) is 7. The fourth-order valence-electron chi connectivity index (χ4n) is 3.76. The van der Waals surface area contributed by atoms with E-state index in [1.807, 2.05) is 12.1 Å². The summed E-state index contributed by atoms with van der Waals surface area (Å²) < 4.78 is 18.0. The first-order valence-electron chi connectivity index (χ1n) is 11.1. The maximum absolute atomic E-state index is 13.6. The highest BCUT2D eigenvalue weighted by Crippen LogP contribution is 2.31.